The Bertz CT molecular complexity index is 1050. The van der Waals surface area contributed by atoms with Gasteiger partial charge in [0, 0.05) is 18.3 Å². The predicted octanol–water partition coefficient (Wildman–Crippen LogP) is 3.57. The predicted molar refractivity (Wildman–Crippen MR) is 107 cm³/mol. The van der Waals surface area contributed by atoms with Crippen LogP contribution in [0, 0.1) is 11.6 Å². The number of nitrogens with zero attached hydrogens (tertiary/aromatic N) is 2. The van der Waals surface area contributed by atoms with Crippen molar-refractivity contribution in [1.29, 1.82) is 0 Å². The Labute approximate surface area is 172 Å². The van der Waals surface area contributed by atoms with Gasteiger partial charge in [-0.1, -0.05) is 36.4 Å². The van der Waals surface area contributed by atoms with Crippen molar-refractivity contribution < 1.29 is 18.7 Å². The van der Waals surface area contributed by atoms with Crippen molar-refractivity contribution in [2.24, 2.45) is 5.73 Å². The molecule has 4 rings (SSSR count). The maximum Gasteiger partial charge on any atom is 0.241 e. The Morgan fingerprint density at radius 1 is 1.13 bits per heavy atom. The molecule has 0 spiro atoms. The zero-order valence-electron chi connectivity index (χ0n) is 16.1. The normalized spacial score (nSPS) is 17.5. The van der Waals surface area contributed by atoms with Crippen LogP contribution in [0.1, 0.15) is 47.1 Å². The van der Waals surface area contributed by atoms with Crippen molar-refractivity contribution in [2.75, 3.05) is 0 Å². The minimum absolute atomic E-state index is 0.352. The molecule has 5 nitrogen and oxygen atoms in total. The third kappa shape index (κ3) is 3.69. The van der Waals surface area contributed by atoms with Crippen LogP contribution in [0.25, 0.3) is 0 Å². The average molecular weight is 409 g/mol. The molecular formula is C23H21F2N3O2. The van der Waals surface area contributed by atoms with E-state index < -0.39 is 35.9 Å². The number of rotatable bonds is 6. The van der Waals surface area contributed by atoms with Crippen LogP contribution >= 0.6 is 0 Å². The van der Waals surface area contributed by atoms with Gasteiger partial charge in [0.2, 0.25) is 5.91 Å². The van der Waals surface area contributed by atoms with Gasteiger partial charge in [-0.25, -0.2) is 8.78 Å². The summed E-state index contributed by atoms with van der Waals surface area (Å²) in [5.74, 6) is -2.05. The summed E-state index contributed by atoms with van der Waals surface area (Å²) in [6, 6.07) is 14.2. The first kappa shape index (κ1) is 20.1. The van der Waals surface area contributed by atoms with Crippen LogP contribution < -0.4 is 5.73 Å². The van der Waals surface area contributed by atoms with E-state index in [1.807, 2.05) is 0 Å². The highest BCUT2D eigenvalue weighted by Gasteiger charge is 2.41. The number of fused-ring (bicyclic) bond motifs is 1. The van der Waals surface area contributed by atoms with E-state index in [-0.39, 0.29) is 0 Å². The van der Waals surface area contributed by atoms with Crippen LogP contribution in [-0.2, 0) is 11.2 Å². The lowest BCUT2D eigenvalue weighted by molar-refractivity contribution is -0.133. The molecule has 3 N–H and O–H groups in total. The van der Waals surface area contributed by atoms with Crippen LogP contribution in [0.15, 0.2) is 66.9 Å². The van der Waals surface area contributed by atoms with E-state index >= 15 is 0 Å². The number of amides is 1. The molecule has 2 aromatic carbocycles. The number of benzene rings is 2. The number of aliphatic hydroxyl groups is 1. The highest BCUT2D eigenvalue weighted by Crippen LogP contribution is 2.45. The standard InChI is InChI=1S/C23H21F2N3O2/c24-15-12-17-16(18(25)13-15)9-10-20(17)28(23(30)14-6-2-1-3-7-14)21(22(26)29)19-8-4-5-11-27-19/h1-8,11-13,20-21,23,30H,9-10H2,(H2,26,29)/t20-,21-,23?/m1/s1. The first-order valence-electron chi connectivity index (χ1n) is 9.66. The molecular weight excluding hydrogens is 388 g/mol. The summed E-state index contributed by atoms with van der Waals surface area (Å²) in [4.78, 5) is 18.3. The van der Waals surface area contributed by atoms with Crippen LogP contribution in [0.3, 0.4) is 0 Å². The molecule has 1 heterocycles. The van der Waals surface area contributed by atoms with E-state index in [1.54, 1.807) is 48.5 Å². The quantitative estimate of drug-likeness (QED) is 0.610. The number of nitrogens with two attached hydrogens (primary N) is 1. The number of aromatic nitrogens is 1. The number of aliphatic hydroxyl groups excluding tert-OH is 1. The molecule has 30 heavy (non-hydrogen) atoms. The summed E-state index contributed by atoms with van der Waals surface area (Å²) in [7, 11) is 0. The third-order valence-corrected chi connectivity index (χ3v) is 5.50. The lowest BCUT2D eigenvalue weighted by Gasteiger charge is -2.38. The number of carbonyl (C=O) groups excluding carboxylic acids is 1. The fourth-order valence-electron chi connectivity index (χ4n) is 4.20. The molecule has 1 aliphatic carbocycles. The lowest BCUT2D eigenvalue weighted by Crippen LogP contribution is -2.42. The van der Waals surface area contributed by atoms with Crippen molar-refractivity contribution in [2.45, 2.75) is 31.2 Å². The monoisotopic (exact) mass is 409 g/mol. The van der Waals surface area contributed by atoms with Crippen molar-refractivity contribution in [3.8, 4) is 0 Å². The molecule has 3 atom stereocenters. The summed E-state index contributed by atoms with van der Waals surface area (Å²) in [5.41, 5.74) is 7.43. The maximum absolute atomic E-state index is 14.4. The van der Waals surface area contributed by atoms with E-state index in [4.69, 9.17) is 5.73 Å². The minimum Gasteiger partial charge on any atom is -0.374 e. The van der Waals surface area contributed by atoms with Crippen molar-refractivity contribution >= 4 is 5.91 Å². The molecule has 0 aliphatic heterocycles. The van der Waals surface area contributed by atoms with Gasteiger partial charge in [0.05, 0.1) is 5.69 Å². The van der Waals surface area contributed by atoms with Gasteiger partial charge < -0.3 is 10.8 Å². The Morgan fingerprint density at radius 2 is 1.87 bits per heavy atom. The Balaban J connectivity index is 1.86. The molecule has 7 heteroatoms. The number of pyridine rings is 1. The van der Waals surface area contributed by atoms with Crippen LogP contribution in [0.2, 0.25) is 0 Å². The van der Waals surface area contributed by atoms with Gasteiger partial charge in [0.25, 0.3) is 0 Å². The molecule has 1 unspecified atom stereocenters. The molecule has 0 saturated carbocycles. The maximum atomic E-state index is 14.4. The van der Waals surface area contributed by atoms with Gasteiger partial charge in [0.1, 0.15) is 23.9 Å². The second-order valence-corrected chi connectivity index (χ2v) is 7.30. The minimum atomic E-state index is -1.24. The molecule has 0 fully saturated rings. The van der Waals surface area contributed by atoms with Gasteiger partial charge in [-0.3, -0.25) is 14.7 Å². The molecule has 1 aromatic heterocycles. The topological polar surface area (TPSA) is 79.5 Å². The van der Waals surface area contributed by atoms with E-state index in [0.29, 0.717) is 35.2 Å². The summed E-state index contributed by atoms with van der Waals surface area (Å²) in [6.07, 6.45) is 1.04. The first-order valence-corrected chi connectivity index (χ1v) is 9.66. The first-order chi connectivity index (χ1) is 14.5. The Morgan fingerprint density at radius 3 is 2.53 bits per heavy atom. The highest BCUT2D eigenvalue weighted by molar-refractivity contribution is 5.81. The largest absolute Gasteiger partial charge is 0.374 e. The molecule has 3 aromatic rings. The molecule has 154 valence electrons. The van der Waals surface area contributed by atoms with Crippen LogP contribution in [0.5, 0.6) is 0 Å². The molecule has 0 saturated heterocycles. The number of carbonyl (C=O) groups is 1. The van der Waals surface area contributed by atoms with Gasteiger partial charge in [0.15, 0.2) is 0 Å². The van der Waals surface area contributed by atoms with Gasteiger partial charge >= 0.3 is 0 Å². The molecule has 0 bridgehead atoms. The van der Waals surface area contributed by atoms with Crippen molar-refractivity contribution in [3.05, 3.63) is 101 Å². The fraction of sp³-hybridized carbons (Fsp3) is 0.217. The van der Waals surface area contributed by atoms with E-state index in [9.17, 15) is 18.7 Å². The van der Waals surface area contributed by atoms with Gasteiger partial charge in [-0.2, -0.15) is 0 Å². The molecule has 1 aliphatic rings. The number of hydrogen-bond acceptors (Lipinski definition) is 4. The van der Waals surface area contributed by atoms with Crippen LogP contribution in [-0.4, -0.2) is 20.9 Å². The SMILES string of the molecule is NC(=O)[C@@H](c1ccccn1)N(C(O)c1ccccc1)[C@@H]1CCc2c(F)cc(F)cc21. The fourth-order valence-corrected chi connectivity index (χ4v) is 4.20. The Kier molecular flexibility index (Phi) is 5.57. The lowest BCUT2D eigenvalue weighted by atomic mass is 9.99. The summed E-state index contributed by atoms with van der Waals surface area (Å²) < 4.78 is 28.4. The van der Waals surface area contributed by atoms with E-state index in [0.717, 1.165) is 6.07 Å². The number of halogens is 2. The van der Waals surface area contributed by atoms with Crippen molar-refractivity contribution in [1.82, 2.24) is 9.88 Å². The van der Waals surface area contributed by atoms with E-state index in [2.05, 4.69) is 4.98 Å². The summed E-state index contributed by atoms with van der Waals surface area (Å²) >= 11 is 0. The highest BCUT2D eigenvalue weighted by atomic mass is 19.1. The Hall–Kier alpha value is -3.16. The van der Waals surface area contributed by atoms with Crippen LogP contribution in [0.4, 0.5) is 8.78 Å². The molecule has 0 radical (unpaired) electrons. The average Bonchev–Trinajstić information content (AvgIpc) is 3.16. The third-order valence-electron chi connectivity index (χ3n) is 5.50. The van der Waals surface area contributed by atoms with Gasteiger partial charge in [-0.05, 0) is 47.7 Å². The van der Waals surface area contributed by atoms with E-state index in [1.165, 1.54) is 17.2 Å². The smallest absolute Gasteiger partial charge is 0.241 e. The van der Waals surface area contributed by atoms with Gasteiger partial charge in [-0.15, -0.1) is 0 Å². The molecule has 1 amide bonds. The number of primary amides is 1. The summed E-state index contributed by atoms with van der Waals surface area (Å²) in [6.45, 7) is 0. The zero-order chi connectivity index (χ0) is 21.3. The summed E-state index contributed by atoms with van der Waals surface area (Å²) in [5, 5.41) is 11.3. The van der Waals surface area contributed by atoms with Crippen molar-refractivity contribution in [3.63, 3.8) is 0 Å². The number of hydrogen-bond donors (Lipinski definition) is 2. The second kappa shape index (κ2) is 8.30. The zero-order valence-corrected chi connectivity index (χ0v) is 16.1. The second-order valence-electron chi connectivity index (χ2n) is 7.30.